The minimum absolute atomic E-state index is 0.181. The third kappa shape index (κ3) is 3.13. The normalized spacial score (nSPS) is 15.9. The van der Waals surface area contributed by atoms with E-state index in [-0.39, 0.29) is 17.7 Å². The second-order valence-corrected chi connectivity index (χ2v) is 6.97. The Labute approximate surface area is 158 Å². The van der Waals surface area contributed by atoms with Crippen LogP contribution in [-0.4, -0.2) is 26.8 Å². The standard InChI is InChI=1S/C20H14N2O4S/c23-18(24)12-21-11-13(15-8-4-5-9-16(15)21)10-17-19(25)22(20(26)27-17)14-6-2-1-3-7-14/h1-11H,12H2,(H,23,24)/b17-10+. The van der Waals surface area contributed by atoms with Gasteiger partial charge in [0, 0.05) is 22.7 Å². The zero-order valence-electron chi connectivity index (χ0n) is 14.0. The van der Waals surface area contributed by atoms with E-state index in [2.05, 4.69) is 0 Å². The molecule has 0 bridgehead atoms. The molecular weight excluding hydrogens is 364 g/mol. The summed E-state index contributed by atoms with van der Waals surface area (Å²) in [5.41, 5.74) is 1.98. The SMILES string of the molecule is O=C(O)Cn1cc(/C=C2/SC(=O)N(c3ccccc3)C2=O)c2ccccc21. The van der Waals surface area contributed by atoms with Crippen LogP contribution in [0.15, 0.2) is 65.7 Å². The lowest BCUT2D eigenvalue weighted by Gasteiger charge is -2.11. The molecule has 2 aromatic carbocycles. The summed E-state index contributed by atoms with van der Waals surface area (Å²) in [5, 5.41) is 9.58. The van der Waals surface area contributed by atoms with E-state index in [1.807, 2.05) is 30.3 Å². The van der Waals surface area contributed by atoms with Crippen molar-refractivity contribution in [3.05, 3.63) is 71.3 Å². The van der Waals surface area contributed by atoms with Gasteiger partial charge in [0.25, 0.3) is 11.1 Å². The van der Waals surface area contributed by atoms with Gasteiger partial charge in [-0.1, -0.05) is 36.4 Å². The van der Waals surface area contributed by atoms with Crippen LogP contribution in [0, 0.1) is 0 Å². The molecule has 2 amide bonds. The Kier molecular flexibility index (Phi) is 4.29. The molecule has 0 unspecified atom stereocenters. The summed E-state index contributed by atoms with van der Waals surface area (Å²) >= 11 is 0.876. The van der Waals surface area contributed by atoms with Crippen molar-refractivity contribution >= 4 is 51.5 Å². The van der Waals surface area contributed by atoms with Crippen molar-refractivity contribution in [3.63, 3.8) is 0 Å². The van der Waals surface area contributed by atoms with E-state index in [0.717, 1.165) is 27.6 Å². The lowest BCUT2D eigenvalue weighted by molar-refractivity contribution is -0.137. The van der Waals surface area contributed by atoms with Gasteiger partial charge in [-0.3, -0.25) is 14.4 Å². The first-order valence-electron chi connectivity index (χ1n) is 8.17. The van der Waals surface area contributed by atoms with Crippen molar-refractivity contribution in [1.82, 2.24) is 4.57 Å². The molecule has 2 heterocycles. The number of rotatable bonds is 4. The van der Waals surface area contributed by atoms with E-state index in [0.29, 0.717) is 16.2 Å². The Hall–Kier alpha value is -3.32. The Bertz CT molecular complexity index is 1100. The van der Waals surface area contributed by atoms with Gasteiger partial charge in [-0.25, -0.2) is 4.90 Å². The van der Waals surface area contributed by atoms with Gasteiger partial charge in [0.15, 0.2) is 0 Å². The number of nitrogens with zero attached hydrogens (tertiary/aromatic N) is 2. The lowest BCUT2D eigenvalue weighted by Crippen LogP contribution is -2.27. The molecule has 0 radical (unpaired) electrons. The number of carboxylic acid groups (broad SMARTS) is 1. The molecule has 1 aliphatic heterocycles. The van der Waals surface area contributed by atoms with E-state index in [1.165, 1.54) is 0 Å². The largest absolute Gasteiger partial charge is 0.480 e. The van der Waals surface area contributed by atoms with Crippen molar-refractivity contribution in [3.8, 4) is 0 Å². The zero-order valence-corrected chi connectivity index (χ0v) is 14.8. The first-order valence-corrected chi connectivity index (χ1v) is 8.99. The van der Waals surface area contributed by atoms with Gasteiger partial charge in [-0.15, -0.1) is 0 Å². The van der Waals surface area contributed by atoms with Crippen molar-refractivity contribution in [1.29, 1.82) is 0 Å². The van der Waals surface area contributed by atoms with E-state index in [4.69, 9.17) is 5.11 Å². The zero-order chi connectivity index (χ0) is 19.0. The number of para-hydroxylation sites is 2. The number of hydrogen-bond acceptors (Lipinski definition) is 4. The minimum Gasteiger partial charge on any atom is -0.480 e. The predicted molar refractivity (Wildman–Crippen MR) is 104 cm³/mol. The first kappa shape index (κ1) is 17.1. The quantitative estimate of drug-likeness (QED) is 0.695. The average molecular weight is 378 g/mol. The molecule has 1 N–H and O–H groups in total. The van der Waals surface area contributed by atoms with Crippen LogP contribution >= 0.6 is 11.8 Å². The summed E-state index contributed by atoms with van der Waals surface area (Å²) in [6.45, 7) is -0.181. The summed E-state index contributed by atoms with van der Waals surface area (Å²) in [6.07, 6.45) is 3.34. The second-order valence-electron chi connectivity index (χ2n) is 5.98. The van der Waals surface area contributed by atoms with Gasteiger partial charge in [0.2, 0.25) is 0 Å². The number of fused-ring (bicyclic) bond motifs is 1. The summed E-state index contributed by atoms with van der Waals surface area (Å²) in [4.78, 5) is 37.7. The maximum absolute atomic E-state index is 12.8. The molecule has 1 fully saturated rings. The summed E-state index contributed by atoms with van der Waals surface area (Å²) in [5.74, 6) is -1.34. The molecule has 4 rings (SSSR count). The monoisotopic (exact) mass is 378 g/mol. The fourth-order valence-electron chi connectivity index (χ4n) is 3.08. The number of carboxylic acids is 1. The van der Waals surface area contributed by atoms with Crippen LogP contribution in [0.2, 0.25) is 0 Å². The van der Waals surface area contributed by atoms with Crippen molar-refractivity contribution in [2.45, 2.75) is 6.54 Å². The second kappa shape index (κ2) is 6.77. The number of aliphatic carboxylic acids is 1. The van der Waals surface area contributed by atoms with Crippen LogP contribution in [0.25, 0.3) is 17.0 Å². The molecule has 1 saturated heterocycles. The number of thioether (sulfide) groups is 1. The smallest absolute Gasteiger partial charge is 0.323 e. The molecule has 7 heteroatoms. The predicted octanol–water partition coefficient (Wildman–Crippen LogP) is 3.97. The third-order valence-corrected chi connectivity index (χ3v) is 5.09. The highest BCUT2D eigenvalue weighted by Gasteiger charge is 2.36. The summed E-state index contributed by atoms with van der Waals surface area (Å²) < 4.78 is 1.62. The molecule has 6 nitrogen and oxygen atoms in total. The Balaban J connectivity index is 1.75. The molecule has 0 spiro atoms. The summed E-state index contributed by atoms with van der Waals surface area (Å²) in [6, 6.07) is 16.1. The fourth-order valence-corrected chi connectivity index (χ4v) is 3.91. The molecule has 1 aromatic heterocycles. The fraction of sp³-hybridized carbons (Fsp3) is 0.0500. The number of aromatic nitrogens is 1. The van der Waals surface area contributed by atoms with Crippen molar-refractivity contribution in [2.75, 3.05) is 4.90 Å². The Morgan fingerprint density at radius 2 is 1.74 bits per heavy atom. The molecule has 27 heavy (non-hydrogen) atoms. The topological polar surface area (TPSA) is 79.6 Å². The Morgan fingerprint density at radius 1 is 1.04 bits per heavy atom. The third-order valence-electron chi connectivity index (χ3n) is 4.22. The molecule has 0 atom stereocenters. The lowest BCUT2D eigenvalue weighted by atomic mass is 10.1. The minimum atomic E-state index is -0.952. The van der Waals surface area contributed by atoms with Crippen LogP contribution in [0.4, 0.5) is 10.5 Å². The summed E-state index contributed by atoms with van der Waals surface area (Å²) in [7, 11) is 0. The van der Waals surface area contributed by atoms with Crippen molar-refractivity contribution < 1.29 is 19.5 Å². The number of benzene rings is 2. The first-order chi connectivity index (χ1) is 13.0. The molecular formula is C20H14N2O4S. The highest BCUT2D eigenvalue weighted by atomic mass is 32.2. The molecule has 134 valence electrons. The number of carbonyl (C=O) groups is 3. The van der Waals surface area contributed by atoms with Crippen molar-refractivity contribution in [2.24, 2.45) is 0 Å². The van der Waals surface area contributed by atoms with Gasteiger partial charge < -0.3 is 9.67 Å². The number of anilines is 1. The number of hydrogen-bond donors (Lipinski definition) is 1. The van der Waals surface area contributed by atoms with Crippen LogP contribution in [-0.2, 0) is 16.1 Å². The van der Waals surface area contributed by atoms with Crippen LogP contribution in [0.5, 0.6) is 0 Å². The van der Waals surface area contributed by atoms with Gasteiger partial charge in [-0.05, 0) is 36.0 Å². The number of imide groups is 1. The van der Waals surface area contributed by atoms with Crippen LogP contribution < -0.4 is 4.90 Å². The average Bonchev–Trinajstić information content (AvgIpc) is 3.13. The van der Waals surface area contributed by atoms with E-state index >= 15 is 0 Å². The van der Waals surface area contributed by atoms with E-state index in [9.17, 15) is 14.4 Å². The molecule has 1 aliphatic rings. The van der Waals surface area contributed by atoms with Gasteiger partial charge >= 0.3 is 5.97 Å². The van der Waals surface area contributed by atoms with Gasteiger partial charge in [-0.2, -0.15) is 0 Å². The van der Waals surface area contributed by atoms with Crippen LogP contribution in [0.3, 0.4) is 0 Å². The Morgan fingerprint density at radius 3 is 2.48 bits per heavy atom. The number of amides is 2. The number of carbonyl (C=O) groups excluding carboxylic acids is 2. The van der Waals surface area contributed by atoms with Gasteiger partial charge in [0.1, 0.15) is 6.54 Å². The maximum atomic E-state index is 12.8. The van der Waals surface area contributed by atoms with Gasteiger partial charge in [0.05, 0.1) is 10.6 Å². The maximum Gasteiger partial charge on any atom is 0.323 e. The molecule has 0 aliphatic carbocycles. The highest BCUT2D eigenvalue weighted by molar-refractivity contribution is 8.19. The van der Waals surface area contributed by atoms with E-state index < -0.39 is 5.97 Å². The highest BCUT2D eigenvalue weighted by Crippen LogP contribution is 2.36. The van der Waals surface area contributed by atoms with Crippen LogP contribution in [0.1, 0.15) is 5.56 Å². The molecule has 0 saturated carbocycles. The molecule has 3 aromatic rings. The van der Waals surface area contributed by atoms with E-state index in [1.54, 1.807) is 41.1 Å².